The number of anilines is 1. The summed E-state index contributed by atoms with van der Waals surface area (Å²) < 4.78 is 16.3. The van der Waals surface area contributed by atoms with Gasteiger partial charge in [-0.2, -0.15) is 4.98 Å². The van der Waals surface area contributed by atoms with Crippen LogP contribution in [0, 0.1) is 0 Å². The number of rotatable bonds is 5. The first kappa shape index (κ1) is 14.6. The van der Waals surface area contributed by atoms with E-state index < -0.39 is 0 Å². The molecule has 0 aliphatic heterocycles. The van der Waals surface area contributed by atoms with Crippen molar-refractivity contribution < 1.29 is 14.2 Å². The molecule has 0 bridgehead atoms. The number of ether oxygens (including phenoxy) is 3. The topological polar surface area (TPSA) is 66.6 Å². The largest absolute Gasteiger partial charge is 0.472 e. The van der Waals surface area contributed by atoms with E-state index >= 15 is 0 Å². The summed E-state index contributed by atoms with van der Waals surface area (Å²) in [4.78, 5) is 4.25. The van der Waals surface area contributed by atoms with Gasteiger partial charge in [0.1, 0.15) is 11.7 Å². The van der Waals surface area contributed by atoms with E-state index in [1.807, 2.05) is 27.7 Å². The summed E-state index contributed by atoms with van der Waals surface area (Å²) in [5.74, 6) is 0.873. The lowest BCUT2D eigenvalue weighted by molar-refractivity contribution is 0.0859. The van der Waals surface area contributed by atoms with Crippen LogP contribution in [0.4, 0.5) is 5.69 Å². The van der Waals surface area contributed by atoms with Crippen molar-refractivity contribution in [3.05, 3.63) is 12.1 Å². The number of pyridine rings is 1. The third kappa shape index (κ3) is 4.79. The van der Waals surface area contributed by atoms with Crippen LogP contribution in [0.15, 0.2) is 12.1 Å². The highest BCUT2D eigenvalue weighted by Gasteiger charge is 2.16. The normalized spacial score (nSPS) is 13.2. The first-order valence-corrected chi connectivity index (χ1v) is 5.93. The Balaban J connectivity index is 2.80. The Labute approximate surface area is 108 Å². The molecule has 1 atom stereocenters. The minimum absolute atomic E-state index is 0.0754. The number of hydrogen-bond donors (Lipinski definition) is 1. The quantitative estimate of drug-likeness (QED) is 0.873. The summed E-state index contributed by atoms with van der Waals surface area (Å²) in [6.45, 7) is 8.23. The summed E-state index contributed by atoms with van der Waals surface area (Å²) >= 11 is 0. The van der Waals surface area contributed by atoms with Crippen LogP contribution in [0.25, 0.3) is 0 Å². The molecule has 1 rings (SSSR count). The summed E-state index contributed by atoms with van der Waals surface area (Å²) in [5, 5.41) is 0. The molecule has 0 aromatic carbocycles. The predicted molar refractivity (Wildman–Crippen MR) is 71.0 cm³/mol. The average molecular weight is 254 g/mol. The summed E-state index contributed by atoms with van der Waals surface area (Å²) in [6, 6.07) is 3.44. The molecule has 0 amide bonds. The zero-order valence-corrected chi connectivity index (χ0v) is 11.7. The molecule has 1 aromatic rings. The van der Waals surface area contributed by atoms with E-state index in [9.17, 15) is 0 Å². The van der Waals surface area contributed by atoms with Crippen LogP contribution in [0.5, 0.6) is 11.8 Å². The highest BCUT2D eigenvalue weighted by Crippen LogP contribution is 2.26. The summed E-state index contributed by atoms with van der Waals surface area (Å²) in [5.41, 5.74) is 5.97. The van der Waals surface area contributed by atoms with Gasteiger partial charge in [-0.05, 0) is 33.8 Å². The Bertz CT molecular complexity index is 388. The maximum Gasteiger partial charge on any atom is 0.241 e. The van der Waals surface area contributed by atoms with Crippen LogP contribution in [-0.4, -0.2) is 30.4 Å². The van der Waals surface area contributed by atoms with E-state index in [1.54, 1.807) is 19.2 Å². The number of nitrogens with zero attached hydrogens (tertiary/aromatic N) is 1. The lowest BCUT2D eigenvalue weighted by Crippen LogP contribution is -2.24. The molecule has 0 radical (unpaired) electrons. The Morgan fingerprint density at radius 3 is 2.56 bits per heavy atom. The zero-order valence-electron chi connectivity index (χ0n) is 11.7. The molecule has 18 heavy (non-hydrogen) atoms. The Kier molecular flexibility index (Phi) is 4.78. The molecule has 0 saturated heterocycles. The fraction of sp³-hybridized carbons (Fsp3) is 0.615. The second kappa shape index (κ2) is 5.91. The van der Waals surface area contributed by atoms with Gasteiger partial charge in [-0.15, -0.1) is 0 Å². The molecule has 0 saturated carbocycles. The van der Waals surface area contributed by atoms with Crippen molar-refractivity contribution in [3.8, 4) is 11.8 Å². The fourth-order valence-corrected chi connectivity index (χ4v) is 1.35. The van der Waals surface area contributed by atoms with Gasteiger partial charge in [-0.25, -0.2) is 0 Å². The van der Waals surface area contributed by atoms with Gasteiger partial charge in [-0.1, -0.05) is 0 Å². The monoisotopic (exact) mass is 254 g/mol. The van der Waals surface area contributed by atoms with Crippen LogP contribution in [0.3, 0.4) is 0 Å². The van der Waals surface area contributed by atoms with Crippen molar-refractivity contribution in [1.82, 2.24) is 4.98 Å². The van der Waals surface area contributed by atoms with Crippen LogP contribution in [0.1, 0.15) is 27.7 Å². The Morgan fingerprint density at radius 2 is 2.00 bits per heavy atom. The van der Waals surface area contributed by atoms with E-state index in [4.69, 9.17) is 19.9 Å². The van der Waals surface area contributed by atoms with Crippen LogP contribution < -0.4 is 15.2 Å². The summed E-state index contributed by atoms with van der Waals surface area (Å²) in [7, 11) is 1.63. The lowest BCUT2D eigenvalue weighted by atomic mass is 10.2. The molecule has 2 N–H and O–H groups in total. The number of aromatic nitrogens is 1. The summed E-state index contributed by atoms with van der Waals surface area (Å²) in [6.07, 6.45) is -0.0754. The average Bonchev–Trinajstić information content (AvgIpc) is 2.21. The lowest BCUT2D eigenvalue weighted by Gasteiger charge is -2.22. The zero-order chi connectivity index (χ0) is 13.8. The van der Waals surface area contributed by atoms with Gasteiger partial charge in [0.15, 0.2) is 0 Å². The highest BCUT2D eigenvalue weighted by atomic mass is 16.5. The van der Waals surface area contributed by atoms with Gasteiger partial charge < -0.3 is 19.9 Å². The number of methoxy groups -OCH3 is 1. The smallest absolute Gasteiger partial charge is 0.241 e. The number of hydrogen-bond acceptors (Lipinski definition) is 5. The first-order valence-electron chi connectivity index (χ1n) is 5.93. The second-order valence-electron chi connectivity index (χ2n) is 5.14. The van der Waals surface area contributed by atoms with Crippen molar-refractivity contribution in [2.45, 2.75) is 39.4 Å². The van der Waals surface area contributed by atoms with Gasteiger partial charge in [0, 0.05) is 13.2 Å². The van der Waals surface area contributed by atoms with Crippen molar-refractivity contribution in [2.24, 2.45) is 0 Å². The van der Waals surface area contributed by atoms with Crippen LogP contribution >= 0.6 is 0 Å². The highest BCUT2D eigenvalue weighted by molar-refractivity contribution is 5.49. The van der Waals surface area contributed by atoms with E-state index in [0.29, 0.717) is 24.1 Å². The van der Waals surface area contributed by atoms with Crippen molar-refractivity contribution in [3.63, 3.8) is 0 Å². The number of nitrogen functional groups attached to an aromatic ring is 1. The second-order valence-corrected chi connectivity index (χ2v) is 5.14. The van der Waals surface area contributed by atoms with E-state index in [1.165, 1.54) is 0 Å². The minimum atomic E-state index is -0.349. The van der Waals surface area contributed by atoms with E-state index in [-0.39, 0.29) is 11.7 Å². The molecule has 0 fully saturated rings. The molecule has 1 unspecified atom stereocenters. The Morgan fingerprint density at radius 1 is 1.33 bits per heavy atom. The molecule has 5 heteroatoms. The predicted octanol–water partition coefficient (Wildman–Crippen LogP) is 2.25. The maximum absolute atomic E-state index is 5.82. The molecular weight excluding hydrogens is 232 g/mol. The van der Waals surface area contributed by atoms with E-state index in [2.05, 4.69) is 4.98 Å². The van der Waals surface area contributed by atoms with Gasteiger partial charge in [-0.3, -0.25) is 0 Å². The molecule has 0 aliphatic carbocycles. The molecule has 1 aromatic heterocycles. The molecule has 102 valence electrons. The van der Waals surface area contributed by atoms with Gasteiger partial charge in [0.2, 0.25) is 11.8 Å². The van der Waals surface area contributed by atoms with Crippen molar-refractivity contribution in [2.75, 3.05) is 19.5 Å². The molecule has 0 spiro atoms. The number of nitrogens with two attached hydrogens (primary N) is 1. The van der Waals surface area contributed by atoms with Crippen LogP contribution in [0.2, 0.25) is 0 Å². The third-order valence-corrected chi connectivity index (χ3v) is 1.99. The molecule has 5 nitrogen and oxygen atoms in total. The molecule has 1 heterocycles. The molecular formula is C13H22N2O3. The minimum Gasteiger partial charge on any atom is -0.472 e. The maximum atomic E-state index is 5.82. The first-order chi connectivity index (χ1) is 8.31. The van der Waals surface area contributed by atoms with Gasteiger partial charge >= 0.3 is 0 Å². The van der Waals surface area contributed by atoms with E-state index in [0.717, 1.165) is 0 Å². The van der Waals surface area contributed by atoms with Gasteiger partial charge in [0.25, 0.3) is 0 Å². The van der Waals surface area contributed by atoms with Gasteiger partial charge in [0.05, 0.1) is 12.3 Å². The van der Waals surface area contributed by atoms with Crippen LogP contribution in [-0.2, 0) is 4.74 Å². The standard InChI is InChI=1S/C13H22N2O3/c1-9(8-16-5)17-11-7-6-10(14)12(15-11)18-13(2,3)4/h6-7,9H,8,14H2,1-5H3. The SMILES string of the molecule is COCC(C)Oc1ccc(N)c(OC(C)(C)C)n1. The molecule has 0 aliphatic rings. The fourth-order valence-electron chi connectivity index (χ4n) is 1.35. The van der Waals surface area contributed by atoms with Crippen molar-refractivity contribution in [1.29, 1.82) is 0 Å². The third-order valence-electron chi connectivity index (χ3n) is 1.99. The Hall–Kier alpha value is -1.49. The van der Waals surface area contributed by atoms with Crippen molar-refractivity contribution >= 4 is 5.69 Å².